The number of nitrogens with one attached hydrogen (secondary N) is 4. The number of rotatable bonds is 24. The van der Waals surface area contributed by atoms with Gasteiger partial charge in [0, 0.05) is 58.3 Å². The highest BCUT2D eigenvalue weighted by molar-refractivity contribution is 7.80. The Kier molecular flexibility index (Phi) is 55.2. The first kappa shape index (κ1) is 73.0. The van der Waals surface area contributed by atoms with Gasteiger partial charge in [-0.2, -0.15) is 12.6 Å². The van der Waals surface area contributed by atoms with E-state index in [4.69, 9.17) is 53.5 Å². The van der Waals surface area contributed by atoms with E-state index in [9.17, 15) is 19.2 Å². The van der Waals surface area contributed by atoms with Crippen LogP contribution < -0.4 is 27.0 Å². The van der Waals surface area contributed by atoms with E-state index < -0.39 is 46.8 Å². The number of nitrogens with two attached hydrogens (primary N) is 1. The van der Waals surface area contributed by atoms with Gasteiger partial charge in [-0.25, -0.2) is 19.2 Å². The predicted octanol–water partition coefficient (Wildman–Crippen LogP) is 6.65. The number of amides is 4. The fourth-order valence-electron chi connectivity index (χ4n) is 3.31. The van der Waals surface area contributed by atoms with E-state index in [1.165, 1.54) is 0 Å². The van der Waals surface area contributed by atoms with Crippen LogP contribution in [0.3, 0.4) is 0 Å². The number of aliphatic hydroxyl groups is 1. The normalized spacial score (nSPS) is 10.8. The summed E-state index contributed by atoms with van der Waals surface area (Å²) in [6.07, 6.45) is 1.42. The van der Waals surface area contributed by atoms with E-state index in [1.54, 1.807) is 20.8 Å². The van der Waals surface area contributed by atoms with Gasteiger partial charge < -0.3 is 74.7 Å². The van der Waals surface area contributed by atoms with Crippen molar-refractivity contribution in [1.82, 2.24) is 21.3 Å². The molecule has 0 aliphatic carbocycles. The second-order valence-corrected chi connectivity index (χ2v) is 17.5. The van der Waals surface area contributed by atoms with Crippen molar-refractivity contribution >= 4 is 49.4 Å². The third-order valence-corrected chi connectivity index (χ3v) is 5.62. The van der Waals surface area contributed by atoms with Crippen molar-refractivity contribution in [3.63, 3.8) is 0 Å². The first-order valence-electron chi connectivity index (χ1n) is 21.9. The zero-order valence-electron chi connectivity index (χ0n) is 42.3. The molecule has 19 nitrogen and oxygen atoms in total. The monoisotopic (exact) mass is 972 g/mol. The highest BCUT2D eigenvalue weighted by Gasteiger charge is 2.17. The zero-order valence-corrected chi connectivity index (χ0v) is 44.0. The molecule has 64 heavy (non-hydrogen) atoms. The smallest absolute Gasteiger partial charge is 0.407 e. The quantitative estimate of drug-likeness (QED) is 0.0304. The average molecular weight is 973 g/mol. The summed E-state index contributed by atoms with van der Waals surface area (Å²) in [5.74, 6) is 0.687. The molecule has 0 bridgehead atoms. The molecule has 21 heteroatoms. The number of carbonyl (C=O) groups excluding carboxylic acids is 4. The van der Waals surface area contributed by atoms with Crippen LogP contribution in [0.5, 0.6) is 0 Å². The molecule has 0 heterocycles. The second-order valence-electron chi connectivity index (χ2n) is 17.0. The van der Waals surface area contributed by atoms with E-state index in [2.05, 4.69) is 40.8 Å². The Morgan fingerprint density at radius 1 is 0.438 bits per heavy atom. The molecule has 0 aliphatic heterocycles. The van der Waals surface area contributed by atoms with Crippen LogP contribution in [0, 0.1) is 0 Å². The number of halogens is 1. The molecule has 0 fully saturated rings. The molecule has 0 atom stereocenters. The van der Waals surface area contributed by atoms with Crippen molar-refractivity contribution in [3.05, 3.63) is 0 Å². The molecule has 0 aliphatic rings. The molecule has 4 amide bonds. The summed E-state index contributed by atoms with van der Waals surface area (Å²) in [7, 11) is 0. The molecule has 7 N–H and O–H groups in total. The molecule has 0 saturated heterocycles. The highest BCUT2D eigenvalue weighted by Crippen LogP contribution is 2.08. The lowest BCUT2D eigenvalue weighted by Crippen LogP contribution is -2.34. The number of aliphatic hydroxyl groups excluding tert-OH is 1. The minimum Gasteiger partial charge on any atom is -0.444 e. The summed E-state index contributed by atoms with van der Waals surface area (Å²) in [6.45, 7) is 36.3. The van der Waals surface area contributed by atoms with Crippen LogP contribution in [0.2, 0.25) is 0 Å². The van der Waals surface area contributed by atoms with Crippen LogP contribution in [0.15, 0.2) is 0 Å². The van der Waals surface area contributed by atoms with Crippen LogP contribution in [0.25, 0.3) is 0 Å². The van der Waals surface area contributed by atoms with Crippen LogP contribution in [0.4, 0.5) is 19.2 Å². The third kappa shape index (κ3) is 83.1. The maximum Gasteiger partial charge on any atom is 0.407 e. The van der Waals surface area contributed by atoms with Gasteiger partial charge in [-0.15, -0.1) is 12.4 Å². The van der Waals surface area contributed by atoms with Crippen LogP contribution in [0.1, 0.15) is 123 Å². The van der Waals surface area contributed by atoms with Gasteiger partial charge in [0.25, 0.3) is 0 Å². The number of hydrogen-bond donors (Lipinski definition) is 7. The van der Waals surface area contributed by atoms with Gasteiger partial charge >= 0.3 is 24.4 Å². The lowest BCUT2D eigenvalue weighted by atomic mass is 10.2. The Balaban J connectivity index is -0.000000166. The van der Waals surface area contributed by atoms with Gasteiger partial charge in [0.2, 0.25) is 0 Å². The van der Waals surface area contributed by atoms with E-state index >= 15 is 0 Å². The maximum atomic E-state index is 11.1. The van der Waals surface area contributed by atoms with Gasteiger partial charge in [-0.3, -0.25) is 0 Å². The molecule has 0 saturated carbocycles. The van der Waals surface area contributed by atoms with Gasteiger partial charge in [0.15, 0.2) is 0 Å². The molecule has 0 aromatic heterocycles. The van der Waals surface area contributed by atoms with Gasteiger partial charge in [-0.1, -0.05) is 20.8 Å². The topological polar surface area (TPSA) is 246 Å². The molecular formula is C43H94ClN5O14S. The van der Waals surface area contributed by atoms with Gasteiger partial charge in [-0.05, 0) is 102 Å². The Morgan fingerprint density at radius 2 is 0.672 bits per heavy atom. The first-order valence-corrected chi connectivity index (χ1v) is 22.5. The summed E-state index contributed by atoms with van der Waals surface area (Å²) in [6, 6.07) is 0. The summed E-state index contributed by atoms with van der Waals surface area (Å²) < 4.78 is 45.5. The molecule has 0 rings (SSSR count). The van der Waals surface area contributed by atoms with Crippen molar-refractivity contribution in [2.45, 2.75) is 146 Å². The molecule has 0 aromatic carbocycles. The number of thiol groups is 1. The van der Waals surface area contributed by atoms with E-state index in [0.717, 1.165) is 39.1 Å². The van der Waals surface area contributed by atoms with Gasteiger partial charge in [0.1, 0.15) is 22.4 Å². The number of carbonyl (C=O) groups is 4. The van der Waals surface area contributed by atoms with Gasteiger partial charge in [0.05, 0.1) is 52.9 Å². The summed E-state index contributed by atoms with van der Waals surface area (Å²) >= 11 is 3.98. The zero-order chi connectivity index (χ0) is 49.6. The molecular weight excluding hydrogens is 878 g/mol. The van der Waals surface area contributed by atoms with Crippen LogP contribution >= 0.6 is 25.0 Å². The molecule has 0 unspecified atom stereocenters. The van der Waals surface area contributed by atoms with E-state index in [-0.39, 0.29) is 25.6 Å². The Morgan fingerprint density at radius 3 is 0.875 bits per heavy atom. The molecule has 0 radical (unpaired) electrons. The summed E-state index contributed by atoms with van der Waals surface area (Å²) in [5, 5.41) is 18.7. The maximum absolute atomic E-state index is 11.1. The Labute approximate surface area is 398 Å². The Bertz CT molecular complexity index is 903. The van der Waals surface area contributed by atoms with Crippen molar-refractivity contribution in [1.29, 1.82) is 0 Å². The average Bonchev–Trinajstić information content (AvgIpc) is 3.13. The minimum atomic E-state index is -0.476. The number of alkyl carbamates (subject to hydrolysis) is 4. The van der Waals surface area contributed by atoms with Crippen molar-refractivity contribution in [2.75, 3.05) is 111 Å². The van der Waals surface area contributed by atoms with Crippen molar-refractivity contribution < 1.29 is 66.9 Å². The van der Waals surface area contributed by atoms with Crippen LogP contribution in [-0.2, 0) is 42.6 Å². The van der Waals surface area contributed by atoms with Crippen molar-refractivity contribution in [2.24, 2.45) is 5.73 Å². The standard InChI is InChI=1S/2C10H21NO3.C9H19NO4.C9H19NO3S.C5H13NO.ClH/c2*1-5-7-13-8-6-11-9(12)14-10(2,3)4;1-9(2,3)14-8(12)10-4-6-13-7-5-11;1-9(2,3)13-8(11)10-4-5-12-6-7-14;1-2-4-7-5-3-6;/h2*5-8H2,1-4H3,(H,11,12);11H,4-7H2,1-3H3,(H,10,12);14H,4-7H2,1-3H3,(H,10,11);2-6H2,1H3;1H. The first-order chi connectivity index (χ1) is 29.2. The molecule has 0 aromatic rings. The van der Waals surface area contributed by atoms with E-state index in [0.29, 0.717) is 78.1 Å². The number of hydrogen-bond acceptors (Lipinski definition) is 16. The summed E-state index contributed by atoms with van der Waals surface area (Å²) in [4.78, 5) is 44.3. The molecule has 388 valence electrons. The fourth-order valence-corrected chi connectivity index (χ4v) is 3.44. The largest absolute Gasteiger partial charge is 0.444 e. The lowest BCUT2D eigenvalue weighted by molar-refractivity contribution is 0.0477. The summed E-state index contributed by atoms with van der Waals surface area (Å²) in [5.41, 5.74) is 3.35. The number of ether oxygens (including phenoxy) is 9. The highest BCUT2D eigenvalue weighted by atomic mass is 35.5. The second kappa shape index (κ2) is 48.4. The van der Waals surface area contributed by atoms with E-state index in [1.807, 2.05) is 76.2 Å². The Hall–Kier alpha value is -2.56. The third-order valence-electron chi connectivity index (χ3n) is 5.44. The SMILES string of the molecule is CC(C)(C)OC(=O)NCCOCCO.CC(C)(C)OC(=O)NCCOCCS.CCCOCCN.CCCOCCNC(=O)OC(C)(C)C.CCCOCCNC(=O)OC(C)(C)C.Cl. The fraction of sp³-hybridized carbons (Fsp3) is 0.907. The lowest BCUT2D eigenvalue weighted by Gasteiger charge is -2.19. The van der Waals surface area contributed by atoms with Crippen LogP contribution in [-0.4, -0.2) is 163 Å². The minimum absolute atomic E-state index is 0. The predicted molar refractivity (Wildman–Crippen MR) is 259 cm³/mol. The van der Waals surface area contributed by atoms with Crippen molar-refractivity contribution in [3.8, 4) is 0 Å². The molecule has 0 spiro atoms.